The van der Waals surface area contributed by atoms with Crippen LogP contribution in [0.2, 0.25) is 0 Å². The van der Waals surface area contributed by atoms with E-state index in [1.807, 2.05) is 30.9 Å². The summed E-state index contributed by atoms with van der Waals surface area (Å²) in [7, 11) is 3.21. The first-order chi connectivity index (χ1) is 35.8. The van der Waals surface area contributed by atoms with Gasteiger partial charge in [-0.3, -0.25) is 19.4 Å². The lowest BCUT2D eigenvalue weighted by atomic mass is 9.85. The number of urea groups is 2. The first kappa shape index (κ1) is 58.2. The number of esters is 2. The van der Waals surface area contributed by atoms with Crippen molar-refractivity contribution in [3.8, 4) is 0 Å². The molecule has 0 spiro atoms. The molecule has 0 fully saturated rings. The van der Waals surface area contributed by atoms with Crippen molar-refractivity contribution in [3.63, 3.8) is 0 Å². The van der Waals surface area contributed by atoms with E-state index in [2.05, 4.69) is 23.8 Å². The summed E-state index contributed by atoms with van der Waals surface area (Å²) in [5.41, 5.74) is -1.02. The average Bonchev–Trinajstić information content (AvgIpc) is 3.34. The second-order valence-electron chi connectivity index (χ2n) is 19.1. The van der Waals surface area contributed by atoms with Crippen LogP contribution in [0.25, 0.3) is 0 Å². The van der Waals surface area contributed by atoms with E-state index in [-0.39, 0.29) is 90.7 Å². The number of amides is 6. The highest BCUT2D eigenvalue weighted by atomic mass is 31.0. The van der Waals surface area contributed by atoms with E-state index in [9.17, 15) is 46.3 Å². The molecule has 2 heterocycles. The second kappa shape index (κ2) is 24.3. The molecule has 6 rings (SSSR count). The van der Waals surface area contributed by atoms with Crippen molar-refractivity contribution in [1.82, 2.24) is 25.3 Å². The molecule has 0 aromatic heterocycles. The molecule has 2 aromatic rings. The summed E-state index contributed by atoms with van der Waals surface area (Å²) in [6.07, 6.45) is 10.6. The van der Waals surface area contributed by atoms with Gasteiger partial charge in [-0.2, -0.15) is 8.78 Å². The van der Waals surface area contributed by atoms with Gasteiger partial charge in [0.25, 0.3) is 11.6 Å². The van der Waals surface area contributed by atoms with Crippen LogP contribution in [0.4, 0.5) is 38.5 Å². The van der Waals surface area contributed by atoms with Gasteiger partial charge in [0.15, 0.2) is 0 Å². The first-order valence-electron chi connectivity index (χ1n) is 24.9. The number of allylic oxidation sites excluding steroid dienone is 8. The Morgan fingerprint density at radius 1 is 0.684 bits per heavy atom. The predicted molar refractivity (Wildman–Crippen MR) is 286 cm³/mol. The maximum absolute atomic E-state index is 14.7. The van der Waals surface area contributed by atoms with Crippen molar-refractivity contribution in [2.45, 2.75) is 72.1 Å². The number of alkyl halides is 4. The van der Waals surface area contributed by atoms with Gasteiger partial charge < -0.3 is 34.8 Å². The van der Waals surface area contributed by atoms with Crippen LogP contribution in [0.1, 0.15) is 59.6 Å². The predicted octanol–water partition coefficient (Wildman–Crippen LogP) is 8.86. The van der Waals surface area contributed by atoms with Gasteiger partial charge in [0, 0.05) is 55.6 Å². The van der Waals surface area contributed by atoms with Gasteiger partial charge >= 0.3 is 24.0 Å². The third-order valence-corrected chi connectivity index (χ3v) is 13.8. The molecule has 0 saturated heterocycles. The molecule has 15 nitrogen and oxygen atoms in total. The number of nitrogens with zero attached hydrogens (tertiary/aromatic N) is 5. The maximum atomic E-state index is 14.7. The first-order valence-corrected chi connectivity index (χ1v) is 25.5. The number of nitrogens with one attached hydrogen (secondary N) is 2. The normalized spacial score (nSPS) is 20.3. The average molecular weight is 1070 g/mol. The van der Waals surface area contributed by atoms with Crippen LogP contribution < -0.4 is 20.4 Å². The molecule has 2 aliphatic carbocycles. The van der Waals surface area contributed by atoms with Gasteiger partial charge in [0.1, 0.15) is 13.1 Å². The molecule has 76 heavy (non-hydrogen) atoms. The zero-order valence-corrected chi connectivity index (χ0v) is 45.2. The van der Waals surface area contributed by atoms with Gasteiger partial charge in [-0.05, 0) is 93.1 Å². The van der Waals surface area contributed by atoms with E-state index in [1.54, 1.807) is 45.2 Å². The minimum Gasteiger partial charge on any atom is -0.463 e. The molecule has 4 unspecified atom stereocenters. The van der Waals surface area contributed by atoms with E-state index >= 15 is 0 Å². The molecule has 5 atom stereocenters. The molecule has 0 bridgehead atoms. The lowest BCUT2D eigenvalue weighted by Crippen LogP contribution is -2.58. The number of rotatable bonds is 20. The lowest BCUT2D eigenvalue weighted by molar-refractivity contribution is -0.140. The highest BCUT2D eigenvalue weighted by Crippen LogP contribution is 2.42. The fourth-order valence-corrected chi connectivity index (χ4v) is 9.50. The molecule has 4 aliphatic rings. The standard InChI is InChI=1S/C56H66F4N7O8P/c1-11-74-51(70)47-37(7)66(43-17-13-15-41(29-43)55(9,57)58)53(72)64(49(47)39-21-19-33(3)35(5)27-39)31-45(68)61-23-25-63(10)26-24-62-46(69)32-65-50(40-22-20-34(4)36(6)28-40)48(52(71)75-12-2)38(8)67(54(65)73)44-18-14-16-42(30-44)56(59,60)76/h13-22,27-30,35-36,49-50H,3-4,11-12,23-26,31-32,76H2,1-2,5-10H3,(H,61,68)(H,62,69)/t35?,36?,49-,50?/m1/s1. The van der Waals surface area contributed by atoms with Crippen molar-refractivity contribution < 1.29 is 55.8 Å². The van der Waals surface area contributed by atoms with Crippen LogP contribution in [0.15, 0.2) is 143 Å². The number of hydrogen-bond donors (Lipinski definition) is 2. The lowest BCUT2D eigenvalue weighted by Gasteiger charge is -2.43. The van der Waals surface area contributed by atoms with Crippen LogP contribution >= 0.6 is 9.24 Å². The minimum absolute atomic E-state index is 0.00552. The number of carbonyl (C=O) groups is 6. The maximum Gasteiger partial charge on any atom is 0.338 e. The summed E-state index contributed by atoms with van der Waals surface area (Å²) in [4.78, 5) is 91.4. The Morgan fingerprint density at radius 2 is 1.08 bits per heavy atom. The number of likely N-dealkylation sites (N-methyl/N-ethyl adjacent to an activating group) is 1. The van der Waals surface area contributed by atoms with Gasteiger partial charge in [-0.15, -0.1) is 0 Å². The highest BCUT2D eigenvalue weighted by molar-refractivity contribution is 7.17. The Morgan fingerprint density at radius 3 is 1.45 bits per heavy atom. The van der Waals surface area contributed by atoms with Crippen LogP contribution in [0.5, 0.6) is 0 Å². The summed E-state index contributed by atoms with van der Waals surface area (Å²) < 4.78 is 69.3. The molecule has 406 valence electrons. The smallest absolute Gasteiger partial charge is 0.338 e. The highest BCUT2D eigenvalue weighted by Gasteiger charge is 2.47. The summed E-state index contributed by atoms with van der Waals surface area (Å²) in [6.45, 7) is 18.5. The molecule has 0 saturated carbocycles. The van der Waals surface area contributed by atoms with Crippen molar-refractivity contribution in [3.05, 3.63) is 154 Å². The third kappa shape index (κ3) is 13.1. The fourth-order valence-electron chi connectivity index (χ4n) is 9.32. The van der Waals surface area contributed by atoms with E-state index in [0.717, 1.165) is 40.0 Å². The molecular formula is C56H66F4N7O8P. The molecule has 6 amide bonds. The number of hydrogen-bond acceptors (Lipinski definition) is 9. The number of halogens is 4. The Kier molecular flexibility index (Phi) is 18.6. The van der Waals surface area contributed by atoms with Gasteiger partial charge in [0.05, 0.1) is 47.8 Å². The Hall–Kier alpha value is -7.11. The van der Waals surface area contributed by atoms with E-state index in [4.69, 9.17) is 9.47 Å². The van der Waals surface area contributed by atoms with Gasteiger partial charge in [0.2, 0.25) is 11.8 Å². The number of anilines is 2. The number of ether oxygens (including phenoxy) is 2. The van der Waals surface area contributed by atoms with Crippen LogP contribution in [0, 0.1) is 11.8 Å². The van der Waals surface area contributed by atoms with Gasteiger partial charge in [-0.25, -0.2) is 28.0 Å². The SMILES string of the molecule is C=C1C=CC(C2C(C(=O)OCC)=C(C)N(c3cccc(C(F)(F)P)c3)C(=O)N2CC(=O)NCCN(C)CCNC(=O)CN2C(=O)N(c3cccc(C(C)(F)F)c3)C(C)=C(C(=O)OCC)[C@H]2C2=CC(C)C(=C)C=C2)=CC1C. The molecule has 0 radical (unpaired) electrons. The number of carbonyl (C=O) groups excluding carboxylic acids is 6. The number of benzene rings is 2. The molecule has 2 N–H and O–H groups in total. The molecule has 2 aromatic carbocycles. The quantitative estimate of drug-likeness (QED) is 0.0750. The van der Waals surface area contributed by atoms with Crippen molar-refractivity contribution in [1.29, 1.82) is 0 Å². The molecule has 20 heteroatoms. The van der Waals surface area contributed by atoms with Crippen LogP contribution in [-0.4, -0.2) is 122 Å². The molecule has 2 aliphatic heterocycles. The summed E-state index contributed by atoms with van der Waals surface area (Å²) >= 11 is 0. The summed E-state index contributed by atoms with van der Waals surface area (Å²) in [6, 6.07) is 6.72. The minimum atomic E-state index is -3.34. The van der Waals surface area contributed by atoms with Crippen molar-refractivity contribution in [2.75, 3.05) is 69.3 Å². The Balaban J connectivity index is 1.17. The largest absolute Gasteiger partial charge is 0.463 e. The summed E-state index contributed by atoms with van der Waals surface area (Å²) in [5, 5.41) is 5.65. The van der Waals surface area contributed by atoms with E-state index in [1.165, 1.54) is 69.3 Å². The molecular weight excluding hydrogens is 1010 g/mol. The summed E-state index contributed by atoms with van der Waals surface area (Å²) in [5.74, 6) is -6.33. The van der Waals surface area contributed by atoms with E-state index in [0.29, 0.717) is 11.1 Å². The Bertz CT molecular complexity index is 2670. The second-order valence-corrected chi connectivity index (χ2v) is 19.8. The monoisotopic (exact) mass is 1070 g/mol. The van der Waals surface area contributed by atoms with Crippen LogP contribution in [0.3, 0.4) is 0 Å². The van der Waals surface area contributed by atoms with Gasteiger partial charge in [-0.1, -0.05) is 97.0 Å². The van der Waals surface area contributed by atoms with Crippen molar-refractivity contribution in [2.24, 2.45) is 11.8 Å². The third-order valence-electron chi connectivity index (χ3n) is 13.5. The zero-order valence-electron chi connectivity index (χ0n) is 44.1. The fraction of sp³-hybridized carbons (Fsp3) is 0.393. The topological polar surface area (TPSA) is 161 Å². The Labute approximate surface area is 443 Å². The van der Waals surface area contributed by atoms with Crippen molar-refractivity contribution >= 4 is 56.4 Å². The zero-order chi connectivity index (χ0) is 56.0. The van der Waals surface area contributed by atoms with E-state index < -0.39 is 78.1 Å². The van der Waals surface area contributed by atoms with Crippen LogP contribution in [-0.2, 0) is 40.2 Å².